The van der Waals surface area contributed by atoms with Crippen molar-refractivity contribution < 1.29 is 5.11 Å². The van der Waals surface area contributed by atoms with Gasteiger partial charge in [0.05, 0.1) is 0 Å². The van der Waals surface area contributed by atoms with Crippen LogP contribution in [-0.2, 0) is 10.5 Å². The molecule has 0 saturated carbocycles. The molecule has 0 atom stereocenters. The van der Waals surface area contributed by atoms with Gasteiger partial charge in [0.25, 0.3) is 0 Å². The van der Waals surface area contributed by atoms with Crippen LogP contribution in [0.5, 0.6) is 5.75 Å². The Morgan fingerprint density at radius 3 is 1.81 bits per heavy atom. The molecule has 0 unspecified atom stereocenters. The minimum Gasteiger partial charge on any atom is -0.289 e. The highest BCUT2D eigenvalue weighted by Gasteiger charge is 2.25. The van der Waals surface area contributed by atoms with Crippen molar-refractivity contribution in [1.29, 1.82) is 0 Å². The lowest BCUT2D eigenvalue weighted by Gasteiger charge is -2.28. The maximum absolute atomic E-state index is 12.6. The lowest BCUT2D eigenvalue weighted by Crippen LogP contribution is -2.18. The molecule has 0 aliphatic carbocycles. The van der Waals surface area contributed by atoms with Crippen LogP contribution in [0.3, 0.4) is 0 Å². The number of hydrogen-bond acceptors (Lipinski definition) is 0. The van der Waals surface area contributed by atoms with E-state index in [1.165, 1.54) is 31.2 Å². The molecular formula is C20H33O. The summed E-state index contributed by atoms with van der Waals surface area (Å²) in [5, 5.41) is 12.6. The van der Waals surface area contributed by atoms with E-state index in [1.807, 2.05) is 0 Å². The van der Waals surface area contributed by atoms with Crippen LogP contribution in [0.1, 0.15) is 103 Å². The SMILES string of the molecule is CCCCCC(C)(C)c1cc(C(C)C)c([O])c(C(C)C)c1. The Hall–Kier alpha value is -0.980. The summed E-state index contributed by atoms with van der Waals surface area (Å²) in [6.45, 7) is 15.4. The summed E-state index contributed by atoms with van der Waals surface area (Å²) < 4.78 is 0. The zero-order chi connectivity index (χ0) is 16.2. The van der Waals surface area contributed by atoms with E-state index in [1.54, 1.807) is 0 Å². The van der Waals surface area contributed by atoms with Crippen molar-refractivity contribution in [2.45, 2.75) is 91.4 Å². The van der Waals surface area contributed by atoms with Gasteiger partial charge in [-0.15, -0.1) is 0 Å². The number of rotatable bonds is 7. The lowest BCUT2D eigenvalue weighted by molar-refractivity contribution is 0.340. The second-order valence-electron chi connectivity index (χ2n) is 7.63. The maximum atomic E-state index is 12.6. The Kier molecular flexibility index (Phi) is 6.31. The summed E-state index contributed by atoms with van der Waals surface area (Å²) in [4.78, 5) is 0. The van der Waals surface area contributed by atoms with E-state index in [0.29, 0.717) is 11.8 Å². The van der Waals surface area contributed by atoms with Crippen molar-refractivity contribution in [3.05, 3.63) is 28.8 Å². The molecule has 0 fully saturated rings. The smallest absolute Gasteiger partial charge is 0.185 e. The van der Waals surface area contributed by atoms with Gasteiger partial charge in [0.1, 0.15) is 0 Å². The molecule has 21 heavy (non-hydrogen) atoms. The van der Waals surface area contributed by atoms with Gasteiger partial charge < -0.3 is 0 Å². The van der Waals surface area contributed by atoms with Crippen molar-refractivity contribution in [3.63, 3.8) is 0 Å². The van der Waals surface area contributed by atoms with Gasteiger partial charge in [-0.25, -0.2) is 0 Å². The van der Waals surface area contributed by atoms with Crippen molar-refractivity contribution >= 4 is 0 Å². The average Bonchev–Trinajstić information content (AvgIpc) is 2.38. The van der Waals surface area contributed by atoms with Crippen LogP contribution in [0.4, 0.5) is 0 Å². The molecular weight excluding hydrogens is 256 g/mol. The first-order chi connectivity index (χ1) is 9.70. The molecule has 1 aromatic rings. The van der Waals surface area contributed by atoms with Gasteiger partial charge in [-0.3, -0.25) is 5.11 Å². The van der Waals surface area contributed by atoms with E-state index in [2.05, 4.69) is 60.6 Å². The van der Waals surface area contributed by atoms with Crippen molar-refractivity contribution in [3.8, 4) is 5.75 Å². The molecule has 1 rings (SSSR count). The highest BCUT2D eigenvalue weighted by molar-refractivity contribution is 5.48. The van der Waals surface area contributed by atoms with Gasteiger partial charge in [-0.1, -0.05) is 79.9 Å². The minimum absolute atomic E-state index is 0.149. The molecule has 0 heterocycles. The van der Waals surface area contributed by atoms with Gasteiger partial charge in [0.15, 0.2) is 5.75 Å². The Labute approximate surface area is 131 Å². The summed E-state index contributed by atoms with van der Waals surface area (Å²) in [5.41, 5.74) is 3.46. The summed E-state index contributed by atoms with van der Waals surface area (Å²) in [6, 6.07) is 4.34. The van der Waals surface area contributed by atoms with E-state index in [0.717, 1.165) is 11.1 Å². The molecule has 0 saturated heterocycles. The molecule has 0 bridgehead atoms. The summed E-state index contributed by atoms with van der Waals surface area (Å²) in [6.07, 6.45) is 4.99. The number of hydrogen-bond donors (Lipinski definition) is 0. The third kappa shape index (κ3) is 4.49. The second-order valence-corrected chi connectivity index (χ2v) is 7.63. The second kappa shape index (κ2) is 7.33. The minimum atomic E-state index is 0.149. The van der Waals surface area contributed by atoms with Crippen LogP contribution in [0.2, 0.25) is 0 Å². The molecule has 0 amide bonds. The van der Waals surface area contributed by atoms with Crippen LogP contribution < -0.4 is 0 Å². The van der Waals surface area contributed by atoms with E-state index in [4.69, 9.17) is 0 Å². The highest BCUT2D eigenvalue weighted by Crippen LogP contribution is 2.40. The van der Waals surface area contributed by atoms with E-state index >= 15 is 0 Å². The van der Waals surface area contributed by atoms with Crippen LogP contribution in [0.25, 0.3) is 0 Å². The molecule has 1 heteroatoms. The predicted molar refractivity (Wildman–Crippen MR) is 91.9 cm³/mol. The average molecular weight is 289 g/mol. The summed E-state index contributed by atoms with van der Waals surface area (Å²) >= 11 is 0. The third-order valence-electron chi connectivity index (χ3n) is 4.58. The normalized spacial score (nSPS) is 12.4. The van der Waals surface area contributed by atoms with Gasteiger partial charge in [-0.2, -0.15) is 0 Å². The molecule has 119 valence electrons. The predicted octanol–water partition coefficient (Wildman–Crippen LogP) is 6.94. The van der Waals surface area contributed by atoms with E-state index in [9.17, 15) is 5.11 Å². The van der Waals surface area contributed by atoms with Gasteiger partial charge >= 0.3 is 0 Å². The topological polar surface area (TPSA) is 19.9 Å². The molecule has 0 aromatic heterocycles. The van der Waals surface area contributed by atoms with Gasteiger partial charge in [0, 0.05) is 11.1 Å². The standard InChI is InChI=1S/C20H33O/c1-8-9-10-11-20(6,7)16-12-17(14(2)3)19(21)18(13-16)15(4)5/h12-15H,8-11H2,1-7H3. The van der Waals surface area contributed by atoms with Crippen molar-refractivity contribution in [2.24, 2.45) is 0 Å². The molecule has 1 radical (unpaired) electrons. The molecule has 0 aliphatic rings. The largest absolute Gasteiger partial charge is 0.289 e. The van der Waals surface area contributed by atoms with Crippen LogP contribution in [0.15, 0.2) is 12.1 Å². The highest BCUT2D eigenvalue weighted by atomic mass is 16.3. The first-order valence-electron chi connectivity index (χ1n) is 8.56. The zero-order valence-electron chi connectivity index (χ0n) is 15.0. The van der Waals surface area contributed by atoms with Crippen molar-refractivity contribution in [2.75, 3.05) is 0 Å². The summed E-state index contributed by atoms with van der Waals surface area (Å²) in [5.74, 6) is 0.843. The van der Waals surface area contributed by atoms with E-state index < -0.39 is 0 Å². The third-order valence-corrected chi connectivity index (χ3v) is 4.58. The lowest BCUT2D eigenvalue weighted by atomic mass is 9.77. The number of benzene rings is 1. The zero-order valence-corrected chi connectivity index (χ0v) is 15.0. The van der Waals surface area contributed by atoms with Crippen molar-refractivity contribution in [1.82, 2.24) is 0 Å². The molecule has 0 N–H and O–H groups in total. The Balaban J connectivity index is 3.23. The molecule has 1 nitrogen and oxygen atoms in total. The quantitative estimate of drug-likeness (QED) is 0.485. The Morgan fingerprint density at radius 1 is 0.952 bits per heavy atom. The first-order valence-corrected chi connectivity index (χ1v) is 8.56. The fourth-order valence-corrected chi connectivity index (χ4v) is 2.88. The van der Waals surface area contributed by atoms with Gasteiger partial charge in [0.2, 0.25) is 0 Å². The monoisotopic (exact) mass is 289 g/mol. The Morgan fingerprint density at radius 2 is 1.43 bits per heavy atom. The molecule has 1 aromatic carbocycles. The number of unbranched alkanes of at least 4 members (excludes halogenated alkanes) is 2. The Bertz CT molecular complexity index is 426. The molecule has 0 aliphatic heterocycles. The van der Waals surface area contributed by atoms with Crippen LogP contribution in [-0.4, -0.2) is 0 Å². The van der Waals surface area contributed by atoms with Gasteiger partial charge in [-0.05, 0) is 29.2 Å². The van der Waals surface area contributed by atoms with Crippen LogP contribution in [0, 0.1) is 0 Å². The fraction of sp³-hybridized carbons (Fsp3) is 0.700. The maximum Gasteiger partial charge on any atom is 0.185 e. The van der Waals surface area contributed by atoms with E-state index in [-0.39, 0.29) is 11.2 Å². The summed E-state index contributed by atoms with van der Waals surface area (Å²) in [7, 11) is 0. The molecule has 0 spiro atoms. The van der Waals surface area contributed by atoms with Crippen LogP contribution >= 0.6 is 0 Å². The first kappa shape index (κ1) is 18.1. The fourth-order valence-electron chi connectivity index (χ4n) is 2.88.